The van der Waals surface area contributed by atoms with E-state index < -0.39 is 0 Å². The smallest absolute Gasteiger partial charge is 0.220 e. The summed E-state index contributed by atoms with van der Waals surface area (Å²) in [6.07, 6.45) is 8.03. The number of carbonyl (C=O) groups excluding carboxylic acids is 1. The maximum Gasteiger partial charge on any atom is 0.220 e. The van der Waals surface area contributed by atoms with E-state index in [1.807, 2.05) is 47.4 Å². The number of rotatable bonds is 8. The van der Waals surface area contributed by atoms with Crippen LogP contribution in [-0.2, 0) is 24.3 Å². The first kappa shape index (κ1) is 18.0. The summed E-state index contributed by atoms with van der Waals surface area (Å²) in [6, 6.07) is 18.4. The molecular formula is C23H24N4O. The van der Waals surface area contributed by atoms with Crippen LogP contribution in [0.3, 0.4) is 0 Å². The summed E-state index contributed by atoms with van der Waals surface area (Å²) < 4.78 is 1.89. The molecule has 2 aromatic carbocycles. The molecule has 5 heteroatoms. The highest BCUT2D eigenvalue weighted by Gasteiger charge is 2.07. The Hall–Kier alpha value is -3.34. The van der Waals surface area contributed by atoms with E-state index in [4.69, 9.17) is 0 Å². The van der Waals surface area contributed by atoms with Crippen molar-refractivity contribution in [1.82, 2.24) is 20.1 Å². The largest absolute Gasteiger partial charge is 0.361 e. The topological polar surface area (TPSA) is 62.7 Å². The second kappa shape index (κ2) is 8.57. The van der Waals surface area contributed by atoms with Crippen molar-refractivity contribution in [2.75, 3.05) is 0 Å². The number of aryl methyl sites for hydroxylation is 1. The first-order valence-electron chi connectivity index (χ1n) is 9.65. The molecule has 0 bridgehead atoms. The fourth-order valence-electron chi connectivity index (χ4n) is 3.51. The van der Waals surface area contributed by atoms with Gasteiger partial charge in [0.15, 0.2) is 0 Å². The number of fused-ring (bicyclic) bond motifs is 1. The summed E-state index contributed by atoms with van der Waals surface area (Å²) in [4.78, 5) is 15.6. The number of aromatic amines is 1. The van der Waals surface area contributed by atoms with Crippen molar-refractivity contribution in [3.63, 3.8) is 0 Å². The van der Waals surface area contributed by atoms with Gasteiger partial charge < -0.3 is 10.3 Å². The summed E-state index contributed by atoms with van der Waals surface area (Å²) in [5, 5.41) is 8.57. The summed E-state index contributed by atoms with van der Waals surface area (Å²) in [7, 11) is 0. The Bertz CT molecular complexity index is 1050. The quantitative estimate of drug-likeness (QED) is 0.490. The number of aromatic nitrogens is 3. The second-order valence-corrected chi connectivity index (χ2v) is 6.96. The molecule has 2 N–H and O–H groups in total. The number of hydrogen-bond donors (Lipinski definition) is 2. The van der Waals surface area contributed by atoms with E-state index >= 15 is 0 Å². The van der Waals surface area contributed by atoms with Crippen LogP contribution in [-0.4, -0.2) is 20.7 Å². The van der Waals surface area contributed by atoms with Gasteiger partial charge in [0.2, 0.25) is 5.91 Å². The van der Waals surface area contributed by atoms with E-state index in [0.29, 0.717) is 19.5 Å². The van der Waals surface area contributed by atoms with Crippen molar-refractivity contribution in [3.8, 4) is 0 Å². The molecule has 0 aliphatic carbocycles. The number of H-pyrrole nitrogens is 1. The number of amides is 1. The van der Waals surface area contributed by atoms with Crippen molar-refractivity contribution < 1.29 is 4.79 Å². The minimum absolute atomic E-state index is 0.0914. The van der Waals surface area contributed by atoms with Crippen LogP contribution in [0.2, 0.25) is 0 Å². The number of benzene rings is 2. The van der Waals surface area contributed by atoms with Gasteiger partial charge in [-0.05, 0) is 41.7 Å². The molecule has 0 aliphatic heterocycles. The Morgan fingerprint density at radius 1 is 1.00 bits per heavy atom. The molecule has 0 unspecified atom stereocenters. The Morgan fingerprint density at radius 2 is 1.82 bits per heavy atom. The summed E-state index contributed by atoms with van der Waals surface area (Å²) in [5.41, 5.74) is 4.72. The number of nitrogens with one attached hydrogen (secondary N) is 2. The Balaban J connectivity index is 1.28. The zero-order valence-electron chi connectivity index (χ0n) is 15.8. The molecule has 4 aromatic rings. The van der Waals surface area contributed by atoms with Gasteiger partial charge in [-0.1, -0.05) is 42.5 Å². The summed E-state index contributed by atoms with van der Waals surface area (Å²) >= 11 is 0. The fourth-order valence-corrected chi connectivity index (χ4v) is 3.51. The molecule has 0 atom stereocenters. The highest BCUT2D eigenvalue weighted by molar-refractivity contribution is 5.83. The number of nitrogens with zero attached hydrogens (tertiary/aromatic N) is 2. The fraction of sp³-hybridized carbons (Fsp3) is 0.217. The average Bonchev–Trinajstić information content (AvgIpc) is 3.38. The summed E-state index contributed by atoms with van der Waals surface area (Å²) in [5.74, 6) is 0.0914. The van der Waals surface area contributed by atoms with Crippen LogP contribution in [0.1, 0.15) is 29.5 Å². The van der Waals surface area contributed by atoms with Crippen LogP contribution in [0.5, 0.6) is 0 Å². The number of hydrogen-bond acceptors (Lipinski definition) is 2. The van der Waals surface area contributed by atoms with Gasteiger partial charge in [0, 0.05) is 42.5 Å². The van der Waals surface area contributed by atoms with Gasteiger partial charge in [0.25, 0.3) is 0 Å². The van der Waals surface area contributed by atoms with Gasteiger partial charge >= 0.3 is 0 Å². The molecule has 0 aliphatic rings. The standard InChI is InChI=1S/C23H24N4O/c28-23(12-5-9-19-16-24-22-11-4-3-10-21(19)22)25-15-18-7-1-2-8-20(18)17-27-14-6-13-26-27/h1-4,6-8,10-11,13-14,16,24H,5,9,12,15,17H2,(H,25,28). The van der Waals surface area contributed by atoms with Gasteiger partial charge in [-0.15, -0.1) is 0 Å². The lowest BCUT2D eigenvalue weighted by Crippen LogP contribution is -2.23. The van der Waals surface area contributed by atoms with Gasteiger partial charge in [-0.3, -0.25) is 9.48 Å². The monoisotopic (exact) mass is 372 g/mol. The minimum atomic E-state index is 0.0914. The summed E-state index contributed by atoms with van der Waals surface area (Å²) in [6.45, 7) is 1.25. The molecule has 5 nitrogen and oxygen atoms in total. The SMILES string of the molecule is O=C(CCCc1c[nH]c2ccccc12)NCc1ccccc1Cn1cccn1. The molecule has 28 heavy (non-hydrogen) atoms. The lowest BCUT2D eigenvalue weighted by Gasteiger charge is -2.11. The van der Waals surface area contributed by atoms with E-state index in [2.05, 4.69) is 39.7 Å². The second-order valence-electron chi connectivity index (χ2n) is 6.96. The van der Waals surface area contributed by atoms with Gasteiger partial charge in [-0.25, -0.2) is 0 Å². The highest BCUT2D eigenvalue weighted by atomic mass is 16.1. The van der Waals surface area contributed by atoms with Crippen molar-refractivity contribution >= 4 is 16.8 Å². The Kier molecular flexibility index (Phi) is 5.52. The van der Waals surface area contributed by atoms with Crippen molar-refractivity contribution in [2.45, 2.75) is 32.4 Å². The molecular weight excluding hydrogens is 348 g/mol. The molecule has 0 radical (unpaired) electrons. The molecule has 4 rings (SSSR count). The first-order valence-corrected chi connectivity index (χ1v) is 9.65. The average molecular weight is 372 g/mol. The third-order valence-electron chi connectivity index (χ3n) is 5.01. The lowest BCUT2D eigenvalue weighted by molar-refractivity contribution is -0.121. The van der Waals surface area contributed by atoms with Crippen molar-refractivity contribution in [1.29, 1.82) is 0 Å². The molecule has 0 saturated heterocycles. The molecule has 0 fully saturated rings. The maximum absolute atomic E-state index is 12.3. The van der Waals surface area contributed by atoms with Crippen LogP contribution >= 0.6 is 0 Å². The van der Waals surface area contributed by atoms with Crippen LogP contribution in [0.4, 0.5) is 0 Å². The van der Waals surface area contributed by atoms with Gasteiger partial charge in [-0.2, -0.15) is 5.10 Å². The third-order valence-corrected chi connectivity index (χ3v) is 5.01. The molecule has 1 amide bonds. The minimum Gasteiger partial charge on any atom is -0.361 e. The van der Waals surface area contributed by atoms with Crippen LogP contribution in [0, 0.1) is 0 Å². The van der Waals surface area contributed by atoms with Gasteiger partial charge in [0.1, 0.15) is 0 Å². The van der Waals surface area contributed by atoms with E-state index in [0.717, 1.165) is 23.9 Å². The molecule has 0 spiro atoms. The van der Waals surface area contributed by atoms with Crippen molar-refractivity contribution in [3.05, 3.63) is 89.9 Å². The normalized spacial score (nSPS) is 11.0. The van der Waals surface area contributed by atoms with E-state index in [1.165, 1.54) is 16.5 Å². The van der Waals surface area contributed by atoms with Crippen LogP contribution in [0.25, 0.3) is 10.9 Å². The molecule has 2 aromatic heterocycles. The van der Waals surface area contributed by atoms with E-state index in [9.17, 15) is 4.79 Å². The molecule has 2 heterocycles. The zero-order chi connectivity index (χ0) is 19.2. The van der Waals surface area contributed by atoms with E-state index in [1.54, 1.807) is 6.20 Å². The molecule has 142 valence electrons. The number of para-hydroxylation sites is 1. The van der Waals surface area contributed by atoms with Crippen LogP contribution in [0.15, 0.2) is 73.2 Å². The highest BCUT2D eigenvalue weighted by Crippen LogP contribution is 2.19. The zero-order valence-corrected chi connectivity index (χ0v) is 15.8. The molecule has 0 saturated carbocycles. The Labute approximate surface area is 164 Å². The predicted molar refractivity (Wildman–Crippen MR) is 111 cm³/mol. The number of carbonyl (C=O) groups is 1. The Morgan fingerprint density at radius 3 is 2.68 bits per heavy atom. The van der Waals surface area contributed by atoms with Gasteiger partial charge in [0.05, 0.1) is 6.54 Å². The maximum atomic E-state index is 12.3. The van der Waals surface area contributed by atoms with Crippen LogP contribution < -0.4 is 5.32 Å². The van der Waals surface area contributed by atoms with Crippen molar-refractivity contribution in [2.24, 2.45) is 0 Å². The van der Waals surface area contributed by atoms with E-state index in [-0.39, 0.29) is 5.91 Å². The lowest BCUT2D eigenvalue weighted by atomic mass is 10.1. The predicted octanol–water partition coefficient (Wildman–Crippen LogP) is 4.05. The first-order chi connectivity index (χ1) is 13.8. The third kappa shape index (κ3) is 4.31.